The summed E-state index contributed by atoms with van der Waals surface area (Å²) < 4.78 is 328. The molecule has 0 aliphatic carbocycles. The van der Waals surface area contributed by atoms with Crippen LogP contribution in [0.15, 0.2) is 0 Å². The molecule has 0 bridgehead atoms. The molecule has 13 N–H and O–H groups in total. The quantitative estimate of drug-likeness (QED) is 0.0153. The fourth-order valence-corrected chi connectivity index (χ4v) is 17.4. The number of aliphatic hydroxyl groups excluding tert-OH is 1. The topological polar surface area (TPSA) is 723 Å². The van der Waals surface area contributed by atoms with Crippen LogP contribution in [0.4, 0.5) is 4.79 Å². The number of fused-ring (bicyclic) bond motifs is 1. The van der Waals surface area contributed by atoms with E-state index in [1.807, 2.05) is 0 Å². The minimum atomic E-state index is -6.21. The van der Waals surface area contributed by atoms with E-state index in [1.54, 1.807) is 18.7 Å². The summed E-state index contributed by atoms with van der Waals surface area (Å²) in [4.78, 5) is 65.6. The van der Waals surface area contributed by atoms with E-state index in [4.69, 9.17) is 88.3 Å². The molecule has 7 aliphatic rings. The van der Waals surface area contributed by atoms with Gasteiger partial charge >= 0.3 is 80.4 Å². The molecule has 0 aromatic heterocycles. The van der Waals surface area contributed by atoms with Crippen molar-refractivity contribution in [1.82, 2.24) is 21.3 Å². The number of carboxylic acids is 2. The van der Waals surface area contributed by atoms with Crippen molar-refractivity contribution in [3.05, 3.63) is 0 Å². The van der Waals surface area contributed by atoms with Crippen molar-refractivity contribution >= 4 is 104 Å². The second kappa shape index (κ2) is 42.5. The lowest BCUT2D eigenvalue weighted by Crippen LogP contribution is -2.70. The lowest BCUT2D eigenvalue weighted by Gasteiger charge is -2.51. The van der Waals surface area contributed by atoms with Crippen LogP contribution < -0.4 is 21.3 Å². The Labute approximate surface area is 656 Å². The van der Waals surface area contributed by atoms with E-state index in [0.717, 1.165) is 61.3 Å². The molecule has 7 saturated heterocycles. The van der Waals surface area contributed by atoms with Gasteiger partial charge in [0.05, 0.1) is 31.9 Å². The van der Waals surface area contributed by atoms with Crippen LogP contribution in [0, 0.1) is 0 Å². The van der Waals surface area contributed by atoms with Gasteiger partial charge in [0.25, 0.3) is 0 Å². The first-order chi connectivity index (χ1) is 53.2. The maximum absolute atomic E-state index is 14.0. The number of carboxylic acid groups (broad SMARTS) is 2. The average molecular weight is 1800 g/mol. The molecule has 0 aromatic rings. The van der Waals surface area contributed by atoms with Crippen LogP contribution in [0.3, 0.4) is 0 Å². The highest BCUT2D eigenvalue weighted by Crippen LogP contribution is 2.42. The van der Waals surface area contributed by atoms with Crippen molar-refractivity contribution in [1.29, 1.82) is 0 Å². The largest absolute Gasteiger partial charge is 0.479 e. The number of methoxy groups -OCH3 is 6. The highest BCUT2D eigenvalue weighted by atomic mass is 32.3. The number of carbonyl (C=O) groups is 5. The summed E-state index contributed by atoms with van der Waals surface area (Å²) in [6, 6.07) is -1.89. The number of aliphatic carboxylic acids is 2. The molecule has 7 rings (SSSR count). The van der Waals surface area contributed by atoms with Gasteiger partial charge in [0.1, 0.15) is 97.6 Å². The highest BCUT2D eigenvalue weighted by Gasteiger charge is 2.62. The number of hydrogen-bond acceptors (Lipinski definition) is 41. The Morgan fingerprint density at radius 2 is 0.886 bits per heavy atom. The van der Waals surface area contributed by atoms with Crippen LogP contribution >= 0.6 is 11.8 Å². The van der Waals surface area contributed by atoms with Crippen molar-refractivity contribution in [3.63, 3.8) is 0 Å². The number of ether oxygens (including phenoxy) is 16. The Balaban J connectivity index is 1.17. The van der Waals surface area contributed by atoms with E-state index < -0.39 is 254 Å². The second-order valence-electron chi connectivity index (χ2n) is 25.8. The maximum Gasteiger partial charge on any atom is 0.397 e. The number of thioether (sulfide) groups is 1. The van der Waals surface area contributed by atoms with Gasteiger partial charge in [-0.15, -0.1) is 0 Å². The normalized spacial score (nSPS) is 35.9. The van der Waals surface area contributed by atoms with Gasteiger partial charge in [-0.1, -0.05) is 19.8 Å². The Morgan fingerprint density at radius 3 is 1.36 bits per heavy atom. The Kier molecular flexibility index (Phi) is 36.2. The summed E-state index contributed by atoms with van der Waals surface area (Å²) >= 11 is 1.75. The fourth-order valence-electron chi connectivity index (χ4n) is 13.5. The molecule has 7 heterocycles. The number of amides is 4. The third-order valence-corrected chi connectivity index (χ3v) is 22.5. The van der Waals surface area contributed by atoms with Gasteiger partial charge in [0.2, 0.25) is 11.8 Å². The van der Waals surface area contributed by atoms with E-state index in [-0.39, 0.29) is 68.1 Å². The molecule has 3 unspecified atom stereocenters. The van der Waals surface area contributed by atoms with Crippen molar-refractivity contribution < 1.29 is 218 Å². The van der Waals surface area contributed by atoms with Crippen molar-refractivity contribution in [2.45, 2.75) is 236 Å². The highest BCUT2D eigenvalue weighted by molar-refractivity contribution is 8.00. The number of carbonyl (C=O) groups excluding carboxylic acids is 3. The molecule has 114 heavy (non-hydrogen) atoms. The zero-order chi connectivity index (χ0) is 84.8. The number of rotatable bonds is 46. The predicted octanol–water partition coefficient (Wildman–Crippen LogP) is -5.89. The fraction of sp³-hybridized carbons (Fsp3) is 0.909. The Bertz CT molecular complexity index is 3900. The lowest BCUT2D eigenvalue weighted by molar-refractivity contribution is -0.386. The van der Waals surface area contributed by atoms with Crippen molar-refractivity contribution in [2.24, 2.45) is 0 Å². The van der Waals surface area contributed by atoms with E-state index in [0.29, 0.717) is 19.3 Å². The van der Waals surface area contributed by atoms with Gasteiger partial charge in [-0.25, -0.2) is 39.5 Å². The molecule has 7 aliphatic heterocycles. The van der Waals surface area contributed by atoms with Gasteiger partial charge in [-0.2, -0.15) is 62.3 Å². The summed E-state index contributed by atoms with van der Waals surface area (Å²) in [7, 11) is -29.3. The molecule has 0 radical (unpaired) electrons. The standard InChI is InChI=1S/C55H92N4O48S7/c1-8-18-92-35-31(58-29(61)16-10-9-13-17-56-28(60)15-12-11-14-27-30-23(22-108-27)57-55(67)59-30)50(96-24(32(35)62)19-93-109(68,69)70)101-39-37(87-3)44(89-5)53(103-42(39)48(63)64)100-34-26(21-95-111(74,75)76)98-54(47(107-114(83,84)85)41(34)105-112(77,78)79)102-40-38(88-4)45(90-6)52(104-43(40)49(65)66)99-33-25(20-94-110(71,72)73)97-51(91-7)46(36(33)86-2)106-113(80,81)82/h23-27,30-47,50-54,62H,8-22H2,1-7H3,(H,56,60)(H,58,61)(H,63,64)(H,65,66)(H2,57,59,67)(H,68,69,70)(H,71,72,73)(H,74,75,76)(H,77,78,79)(H,80,81,82)(H,83,84,85)/t23?,24-,25-,26-,27?,30?,31-,32-,33-,34-,35-,36+,37+,38+,39+,40+,41+,42+,43+,44-,45-,46-,47-,50+,51+,52+,53-,54-/m1/s1. The number of nitrogens with one attached hydrogen (secondary N) is 4. The molecular formula is C55H92N4O48S7. The minimum absolute atomic E-state index is 0.0184. The van der Waals surface area contributed by atoms with Gasteiger partial charge in [-0.3, -0.25) is 36.9 Å². The molecule has 662 valence electrons. The summed E-state index contributed by atoms with van der Waals surface area (Å²) in [5.41, 5.74) is 0. The molecule has 0 aromatic carbocycles. The third-order valence-electron chi connectivity index (χ3n) is 18.3. The molecular weight excluding hydrogens is 1710 g/mol. The number of urea groups is 1. The van der Waals surface area contributed by atoms with Crippen LogP contribution in [0.1, 0.15) is 64.7 Å². The maximum atomic E-state index is 14.0. The lowest BCUT2D eigenvalue weighted by atomic mass is 9.94. The molecule has 7 fully saturated rings. The predicted molar refractivity (Wildman–Crippen MR) is 364 cm³/mol. The van der Waals surface area contributed by atoms with Crippen LogP contribution in [0.2, 0.25) is 0 Å². The molecule has 59 heteroatoms. The summed E-state index contributed by atoms with van der Waals surface area (Å²) in [5.74, 6) is -4.44. The zero-order valence-electron chi connectivity index (χ0n) is 61.1. The van der Waals surface area contributed by atoms with Crippen molar-refractivity contribution in [2.75, 3.05) is 81.4 Å². The second-order valence-corrected chi connectivity index (χ2v) is 33.5. The van der Waals surface area contributed by atoms with Gasteiger partial charge in [0, 0.05) is 79.7 Å². The summed E-state index contributed by atoms with van der Waals surface area (Å²) in [6.07, 6.45) is -52.7. The smallest absolute Gasteiger partial charge is 0.397 e. The molecule has 52 nitrogen and oxygen atoms in total. The van der Waals surface area contributed by atoms with E-state index in [1.165, 1.54) is 0 Å². The Hall–Kier alpha value is -3.96. The first-order valence-corrected chi connectivity index (χ1v) is 43.4. The summed E-state index contributed by atoms with van der Waals surface area (Å²) in [6.45, 7) is -2.63. The van der Waals surface area contributed by atoms with Gasteiger partial charge in [0.15, 0.2) is 55.9 Å². The van der Waals surface area contributed by atoms with Gasteiger partial charge in [-0.05, 0) is 32.1 Å². The van der Waals surface area contributed by atoms with Crippen LogP contribution in [0.5, 0.6) is 0 Å². The first-order valence-electron chi connectivity index (χ1n) is 34.1. The van der Waals surface area contributed by atoms with Crippen LogP contribution in [-0.2, 0) is 182 Å². The molecule has 0 saturated carbocycles. The minimum Gasteiger partial charge on any atom is -0.479 e. The number of hydrogen-bond donors (Lipinski definition) is 13. The molecule has 0 spiro atoms. The molecule has 4 amide bonds. The van der Waals surface area contributed by atoms with E-state index in [2.05, 4.69) is 33.8 Å². The Morgan fingerprint density at radius 1 is 0.465 bits per heavy atom. The number of aliphatic hydroxyl groups is 1. The third kappa shape index (κ3) is 28.1. The monoisotopic (exact) mass is 1800 g/mol. The molecule has 28 atom stereocenters. The van der Waals surface area contributed by atoms with Crippen LogP contribution in [-0.4, -0.2) is 375 Å². The van der Waals surface area contributed by atoms with Gasteiger partial charge < -0.3 is 112 Å². The zero-order valence-corrected chi connectivity index (χ0v) is 66.8. The van der Waals surface area contributed by atoms with E-state index >= 15 is 0 Å². The van der Waals surface area contributed by atoms with E-state index in [9.17, 15) is 117 Å². The summed E-state index contributed by atoms with van der Waals surface area (Å²) in [5, 5.41) is 45.0. The SMILES string of the molecule is CCCO[C@H]1[C@H](O)[C@@H](COS(=O)(=O)O)O[C@@H](O[C@H]2[C@H](OC)[C@@H](OC)[C@H](O[C@H]3[C@H](OS(=O)(=O)O)[C@@H](OS(=O)(=O)O)[C@@H](O[C@H]4[C@H](OC)[C@@H](OC)[C@@H](O[C@H]5[C@H](OC)[C@@H](OS(=O)(=O)O)[C@@H](OC)O[C@@H]5COS(=O)(=O)O)O[C@@H]4C(=O)O)O[C@@H]3COS(=O)(=O)O)O[C@@H]2C(=O)O)[C@@H]1NC(=O)CCCCCNC(=O)CCCCC1SCC2NC(=O)NC21. The first kappa shape index (κ1) is 97.2. The average Bonchev–Trinajstić information content (AvgIpc) is 1.22. The van der Waals surface area contributed by atoms with Crippen LogP contribution in [0.25, 0.3) is 0 Å². The number of unbranched alkanes of at least 4 members (excludes halogenated alkanes) is 3. The van der Waals surface area contributed by atoms with Crippen molar-refractivity contribution in [3.8, 4) is 0 Å².